The summed E-state index contributed by atoms with van der Waals surface area (Å²) in [6, 6.07) is 4.01. The Morgan fingerprint density at radius 1 is 1.32 bits per heavy atom. The maximum Gasteiger partial charge on any atom is 0.586 e. The minimum atomic E-state index is -3.70. The van der Waals surface area contributed by atoms with Gasteiger partial charge in [0.05, 0.1) is 18.2 Å². The molecule has 19 heavy (non-hydrogen) atoms. The van der Waals surface area contributed by atoms with Gasteiger partial charge in [-0.05, 0) is 12.1 Å². The molecular weight excluding hydrogens is 260 g/mol. The third-order valence-corrected chi connectivity index (χ3v) is 2.67. The number of benzene rings is 1. The Labute approximate surface area is 105 Å². The molecule has 2 heterocycles. The van der Waals surface area contributed by atoms with Crippen molar-refractivity contribution in [2.24, 2.45) is 0 Å². The molecule has 0 N–H and O–H groups in total. The van der Waals surface area contributed by atoms with Crippen LogP contribution in [0.3, 0.4) is 0 Å². The molecule has 1 aromatic carbocycles. The Morgan fingerprint density at radius 2 is 2.00 bits per heavy atom. The van der Waals surface area contributed by atoms with Crippen LogP contribution in [-0.4, -0.2) is 24.4 Å². The van der Waals surface area contributed by atoms with Gasteiger partial charge in [0, 0.05) is 17.6 Å². The lowest BCUT2D eigenvalue weighted by atomic mass is 10.1. The Morgan fingerprint density at radius 3 is 2.68 bits per heavy atom. The van der Waals surface area contributed by atoms with E-state index in [1.807, 2.05) is 0 Å². The topological polar surface area (TPSA) is 57.7 Å². The molecule has 2 aromatic rings. The number of pyridine rings is 1. The largest absolute Gasteiger partial charge is 0.586 e. The van der Waals surface area contributed by atoms with Crippen molar-refractivity contribution < 1.29 is 27.8 Å². The number of carbonyl (C=O) groups excluding carboxylic acids is 1. The van der Waals surface area contributed by atoms with Crippen molar-refractivity contribution in [1.29, 1.82) is 0 Å². The molecule has 0 saturated heterocycles. The number of ether oxygens (including phenoxy) is 3. The smallest absolute Gasteiger partial charge is 0.465 e. The molecule has 0 bridgehead atoms. The van der Waals surface area contributed by atoms with Gasteiger partial charge in [0.1, 0.15) is 0 Å². The normalized spacial score (nSPS) is 15.5. The Balaban J connectivity index is 2.22. The van der Waals surface area contributed by atoms with E-state index in [1.54, 1.807) is 0 Å². The zero-order valence-corrected chi connectivity index (χ0v) is 9.65. The number of hydrogen-bond donors (Lipinski definition) is 0. The molecule has 1 aliphatic heterocycles. The SMILES string of the molecule is COC(=O)c1ccnc2cc3c(cc12)OC(F)(F)O3. The van der Waals surface area contributed by atoms with E-state index in [4.69, 9.17) is 0 Å². The number of esters is 1. The van der Waals surface area contributed by atoms with Crippen molar-refractivity contribution in [3.63, 3.8) is 0 Å². The molecule has 5 nitrogen and oxygen atoms in total. The number of alkyl halides is 2. The summed E-state index contributed by atoms with van der Waals surface area (Å²) in [6.45, 7) is 0. The molecule has 0 aliphatic carbocycles. The molecule has 0 atom stereocenters. The monoisotopic (exact) mass is 267 g/mol. The first kappa shape index (κ1) is 11.6. The maximum atomic E-state index is 13.0. The molecule has 0 spiro atoms. The van der Waals surface area contributed by atoms with Crippen molar-refractivity contribution in [2.75, 3.05) is 7.11 Å². The van der Waals surface area contributed by atoms with Crippen molar-refractivity contribution in [3.05, 3.63) is 30.0 Å². The second-order valence-electron chi connectivity index (χ2n) is 3.83. The van der Waals surface area contributed by atoms with Gasteiger partial charge in [-0.2, -0.15) is 0 Å². The lowest BCUT2D eigenvalue weighted by Crippen LogP contribution is -2.25. The summed E-state index contributed by atoms with van der Waals surface area (Å²) >= 11 is 0. The standard InChI is InChI=1S/C12H7F2NO4/c1-17-11(16)6-2-3-15-8-5-10-9(4-7(6)8)18-12(13,14)19-10/h2-5H,1H3. The second kappa shape index (κ2) is 3.78. The Bertz CT molecular complexity index is 687. The molecule has 0 fully saturated rings. The summed E-state index contributed by atoms with van der Waals surface area (Å²) in [6.07, 6.45) is -2.32. The third-order valence-electron chi connectivity index (χ3n) is 2.67. The number of halogens is 2. The summed E-state index contributed by atoms with van der Waals surface area (Å²) in [5.74, 6) is -0.847. The number of fused-ring (bicyclic) bond motifs is 2. The fourth-order valence-corrected chi connectivity index (χ4v) is 1.88. The average molecular weight is 267 g/mol. The highest BCUT2D eigenvalue weighted by Crippen LogP contribution is 2.43. The predicted octanol–water partition coefficient (Wildman–Crippen LogP) is 2.34. The summed E-state index contributed by atoms with van der Waals surface area (Å²) in [5.41, 5.74) is 0.553. The van der Waals surface area contributed by atoms with E-state index in [0.29, 0.717) is 10.9 Å². The van der Waals surface area contributed by atoms with Crippen LogP contribution in [0.5, 0.6) is 11.5 Å². The van der Waals surface area contributed by atoms with Gasteiger partial charge in [0.2, 0.25) is 0 Å². The molecule has 0 amide bonds. The van der Waals surface area contributed by atoms with Gasteiger partial charge in [-0.15, -0.1) is 8.78 Å². The summed E-state index contributed by atoms with van der Waals surface area (Å²) in [4.78, 5) is 15.6. The van der Waals surface area contributed by atoms with Crippen LogP contribution in [0.2, 0.25) is 0 Å². The lowest BCUT2D eigenvalue weighted by Gasteiger charge is -2.04. The zero-order chi connectivity index (χ0) is 13.6. The van der Waals surface area contributed by atoms with E-state index in [0.717, 1.165) is 0 Å². The number of rotatable bonds is 1. The van der Waals surface area contributed by atoms with Crippen LogP contribution in [-0.2, 0) is 4.74 Å². The second-order valence-corrected chi connectivity index (χ2v) is 3.83. The van der Waals surface area contributed by atoms with Gasteiger partial charge in [0.15, 0.2) is 11.5 Å². The van der Waals surface area contributed by atoms with Crippen LogP contribution in [0.4, 0.5) is 8.78 Å². The maximum absolute atomic E-state index is 13.0. The lowest BCUT2D eigenvalue weighted by molar-refractivity contribution is -0.286. The van der Waals surface area contributed by atoms with E-state index in [-0.39, 0.29) is 17.1 Å². The highest BCUT2D eigenvalue weighted by molar-refractivity contribution is 6.04. The van der Waals surface area contributed by atoms with Crippen LogP contribution < -0.4 is 9.47 Å². The fourth-order valence-electron chi connectivity index (χ4n) is 1.88. The quantitative estimate of drug-likeness (QED) is 0.742. The van der Waals surface area contributed by atoms with Crippen molar-refractivity contribution in [3.8, 4) is 11.5 Å². The fraction of sp³-hybridized carbons (Fsp3) is 0.167. The van der Waals surface area contributed by atoms with Crippen LogP contribution in [0.15, 0.2) is 24.4 Å². The first-order chi connectivity index (χ1) is 9.00. The van der Waals surface area contributed by atoms with Gasteiger partial charge in [0.25, 0.3) is 0 Å². The number of methoxy groups -OCH3 is 1. The third kappa shape index (κ3) is 1.83. The molecule has 0 unspecified atom stereocenters. The summed E-state index contributed by atoms with van der Waals surface area (Å²) < 4.78 is 39.2. The molecular formula is C12H7F2NO4. The average Bonchev–Trinajstić information content (AvgIpc) is 2.67. The first-order valence-corrected chi connectivity index (χ1v) is 5.27. The molecule has 3 rings (SSSR count). The molecule has 1 aromatic heterocycles. The zero-order valence-electron chi connectivity index (χ0n) is 9.65. The van der Waals surface area contributed by atoms with E-state index >= 15 is 0 Å². The van der Waals surface area contributed by atoms with Gasteiger partial charge in [-0.3, -0.25) is 4.98 Å². The molecule has 0 radical (unpaired) electrons. The number of aromatic nitrogens is 1. The minimum absolute atomic E-state index is 0.119. The van der Waals surface area contributed by atoms with E-state index in [9.17, 15) is 13.6 Å². The van der Waals surface area contributed by atoms with Crippen LogP contribution >= 0.6 is 0 Å². The van der Waals surface area contributed by atoms with Gasteiger partial charge in [-0.25, -0.2) is 4.79 Å². The summed E-state index contributed by atoms with van der Waals surface area (Å²) in [7, 11) is 1.23. The van der Waals surface area contributed by atoms with Crippen molar-refractivity contribution in [2.45, 2.75) is 6.29 Å². The predicted molar refractivity (Wildman–Crippen MR) is 59.3 cm³/mol. The van der Waals surface area contributed by atoms with Crippen LogP contribution in [0.25, 0.3) is 10.9 Å². The van der Waals surface area contributed by atoms with E-state index in [2.05, 4.69) is 19.2 Å². The molecule has 0 saturated carbocycles. The number of hydrogen-bond acceptors (Lipinski definition) is 5. The van der Waals surface area contributed by atoms with Crippen molar-refractivity contribution in [1.82, 2.24) is 4.98 Å². The van der Waals surface area contributed by atoms with Gasteiger partial charge < -0.3 is 14.2 Å². The summed E-state index contributed by atoms with van der Waals surface area (Å²) in [5, 5.41) is 0.356. The molecule has 7 heteroatoms. The van der Waals surface area contributed by atoms with Crippen LogP contribution in [0, 0.1) is 0 Å². The van der Waals surface area contributed by atoms with Gasteiger partial charge >= 0.3 is 12.3 Å². The van der Waals surface area contributed by atoms with Gasteiger partial charge in [-0.1, -0.05) is 0 Å². The number of carbonyl (C=O) groups is 1. The van der Waals surface area contributed by atoms with Crippen LogP contribution in [0.1, 0.15) is 10.4 Å². The van der Waals surface area contributed by atoms with E-state index in [1.165, 1.54) is 31.5 Å². The highest BCUT2D eigenvalue weighted by atomic mass is 19.3. The Hall–Kier alpha value is -2.44. The Kier molecular flexibility index (Phi) is 2.31. The number of nitrogens with zero attached hydrogens (tertiary/aromatic N) is 1. The molecule has 1 aliphatic rings. The highest BCUT2D eigenvalue weighted by Gasteiger charge is 2.43. The first-order valence-electron chi connectivity index (χ1n) is 5.27. The van der Waals surface area contributed by atoms with E-state index < -0.39 is 12.3 Å². The molecule has 98 valence electrons. The van der Waals surface area contributed by atoms with Crippen molar-refractivity contribution >= 4 is 16.9 Å². The minimum Gasteiger partial charge on any atom is -0.465 e.